The zero-order valence-electron chi connectivity index (χ0n) is 12.0. The summed E-state index contributed by atoms with van der Waals surface area (Å²) < 4.78 is 11.1. The molecule has 0 amide bonds. The summed E-state index contributed by atoms with van der Waals surface area (Å²) in [5.74, 6) is 1.21. The summed E-state index contributed by atoms with van der Waals surface area (Å²) in [4.78, 5) is 15.6. The summed E-state index contributed by atoms with van der Waals surface area (Å²) in [6.07, 6.45) is 2.59. The van der Waals surface area contributed by atoms with Gasteiger partial charge in [-0.1, -0.05) is 28.9 Å². The average Bonchev–Trinajstić information content (AvgIpc) is 2.96. The zero-order chi connectivity index (χ0) is 15.2. The van der Waals surface area contributed by atoms with Crippen molar-refractivity contribution in [2.75, 3.05) is 7.11 Å². The van der Waals surface area contributed by atoms with Crippen molar-refractivity contribution in [3.8, 4) is 0 Å². The highest BCUT2D eigenvalue weighted by molar-refractivity contribution is 9.10. The number of carbonyl (C=O) groups excluding carboxylic acids is 1. The number of methoxy groups -OCH3 is 1. The Morgan fingerprint density at radius 1 is 1.43 bits per heavy atom. The number of oxazole rings is 1. The van der Waals surface area contributed by atoms with Gasteiger partial charge in [-0.15, -0.1) is 0 Å². The molecule has 1 N–H and O–H groups in total. The van der Waals surface area contributed by atoms with Crippen molar-refractivity contribution in [3.63, 3.8) is 0 Å². The van der Waals surface area contributed by atoms with E-state index in [-0.39, 0.29) is 5.97 Å². The molecule has 0 radical (unpaired) electrons. The second-order valence-electron chi connectivity index (χ2n) is 4.48. The van der Waals surface area contributed by atoms with Gasteiger partial charge in [0.2, 0.25) is 5.89 Å². The van der Waals surface area contributed by atoms with Gasteiger partial charge in [-0.05, 0) is 17.7 Å². The van der Waals surface area contributed by atoms with Crippen LogP contribution in [0.25, 0.3) is 0 Å². The van der Waals surface area contributed by atoms with Crippen LogP contribution in [0.1, 0.15) is 34.5 Å². The maximum absolute atomic E-state index is 11.4. The molecule has 0 bridgehead atoms. The monoisotopic (exact) mass is 352 g/mol. The molecule has 1 aromatic heterocycles. The van der Waals surface area contributed by atoms with E-state index in [1.807, 2.05) is 13.0 Å². The highest BCUT2D eigenvalue weighted by atomic mass is 79.9. The zero-order valence-corrected chi connectivity index (χ0v) is 13.6. The number of rotatable bonds is 6. The van der Waals surface area contributed by atoms with Gasteiger partial charge in [0.15, 0.2) is 0 Å². The summed E-state index contributed by atoms with van der Waals surface area (Å²) in [5, 5.41) is 3.26. The molecule has 0 aliphatic carbocycles. The predicted octanol–water partition coefficient (Wildman–Crippen LogP) is 3.08. The summed E-state index contributed by atoms with van der Waals surface area (Å²) in [5.41, 5.74) is 1.57. The van der Waals surface area contributed by atoms with E-state index in [1.54, 1.807) is 18.3 Å². The molecule has 0 saturated carbocycles. The van der Waals surface area contributed by atoms with Crippen molar-refractivity contribution in [2.45, 2.75) is 26.4 Å². The highest BCUT2D eigenvalue weighted by Crippen LogP contribution is 2.19. The van der Waals surface area contributed by atoms with Gasteiger partial charge in [0, 0.05) is 17.4 Å². The van der Waals surface area contributed by atoms with Crippen LogP contribution in [0.15, 0.2) is 33.3 Å². The Balaban J connectivity index is 1.92. The molecule has 0 aliphatic heterocycles. The van der Waals surface area contributed by atoms with E-state index in [4.69, 9.17) is 4.42 Å². The number of halogens is 1. The average molecular weight is 353 g/mol. The van der Waals surface area contributed by atoms with Gasteiger partial charge in [-0.3, -0.25) is 0 Å². The molecule has 2 rings (SSSR count). The normalized spacial score (nSPS) is 10.6. The van der Waals surface area contributed by atoms with Crippen LogP contribution in [0.4, 0.5) is 0 Å². The second kappa shape index (κ2) is 7.38. The molecule has 21 heavy (non-hydrogen) atoms. The minimum Gasteiger partial charge on any atom is -0.465 e. The van der Waals surface area contributed by atoms with E-state index in [0.29, 0.717) is 24.5 Å². The fraction of sp³-hybridized carbons (Fsp3) is 0.333. The van der Waals surface area contributed by atoms with Gasteiger partial charge in [0.1, 0.15) is 5.76 Å². The molecule has 0 spiro atoms. The lowest BCUT2D eigenvalue weighted by Crippen LogP contribution is -2.13. The first-order valence-corrected chi connectivity index (χ1v) is 7.44. The lowest BCUT2D eigenvalue weighted by atomic mass is 10.1. The summed E-state index contributed by atoms with van der Waals surface area (Å²) in [6.45, 7) is 3.23. The Hall–Kier alpha value is -1.66. The molecule has 5 nitrogen and oxygen atoms in total. The molecular formula is C15H17BrN2O3. The van der Waals surface area contributed by atoms with Crippen molar-refractivity contribution in [1.82, 2.24) is 10.3 Å². The van der Waals surface area contributed by atoms with E-state index in [1.165, 1.54) is 7.11 Å². The molecule has 1 aromatic carbocycles. The SMILES string of the molecule is CCc1cnc(CNCc2ccc(C(=O)OC)cc2Br)o1. The maximum atomic E-state index is 11.4. The minimum atomic E-state index is -0.345. The van der Waals surface area contributed by atoms with Crippen LogP contribution < -0.4 is 5.32 Å². The van der Waals surface area contributed by atoms with Crippen LogP contribution in [0.2, 0.25) is 0 Å². The second-order valence-corrected chi connectivity index (χ2v) is 5.33. The van der Waals surface area contributed by atoms with E-state index in [2.05, 4.69) is 31.0 Å². The number of nitrogens with zero attached hydrogens (tertiary/aromatic N) is 1. The Morgan fingerprint density at radius 2 is 2.24 bits per heavy atom. The minimum absolute atomic E-state index is 0.345. The van der Waals surface area contributed by atoms with E-state index < -0.39 is 0 Å². The molecule has 0 fully saturated rings. The topological polar surface area (TPSA) is 64.4 Å². The van der Waals surface area contributed by atoms with E-state index in [0.717, 1.165) is 22.2 Å². The van der Waals surface area contributed by atoms with Crippen molar-refractivity contribution >= 4 is 21.9 Å². The van der Waals surface area contributed by atoms with Crippen LogP contribution in [-0.2, 0) is 24.2 Å². The number of esters is 1. The molecule has 6 heteroatoms. The largest absolute Gasteiger partial charge is 0.465 e. The van der Waals surface area contributed by atoms with Crippen molar-refractivity contribution in [3.05, 3.63) is 51.6 Å². The number of hydrogen-bond donors (Lipinski definition) is 1. The predicted molar refractivity (Wildman–Crippen MR) is 81.9 cm³/mol. The summed E-state index contributed by atoms with van der Waals surface area (Å²) in [7, 11) is 1.37. The van der Waals surface area contributed by atoms with Crippen LogP contribution in [0.3, 0.4) is 0 Å². The third-order valence-electron chi connectivity index (χ3n) is 3.02. The van der Waals surface area contributed by atoms with Gasteiger partial charge in [0.25, 0.3) is 0 Å². The Labute approximate surface area is 131 Å². The van der Waals surface area contributed by atoms with Crippen molar-refractivity contribution in [2.24, 2.45) is 0 Å². The van der Waals surface area contributed by atoms with Crippen LogP contribution in [0, 0.1) is 0 Å². The quantitative estimate of drug-likeness (QED) is 0.809. The smallest absolute Gasteiger partial charge is 0.337 e. The van der Waals surface area contributed by atoms with Crippen molar-refractivity contribution in [1.29, 1.82) is 0 Å². The molecular weight excluding hydrogens is 336 g/mol. The molecule has 0 unspecified atom stereocenters. The number of carbonyl (C=O) groups is 1. The summed E-state index contributed by atoms with van der Waals surface area (Å²) >= 11 is 3.46. The Bertz CT molecular complexity index is 625. The first-order valence-electron chi connectivity index (χ1n) is 6.65. The standard InChI is InChI=1S/C15H17BrN2O3/c1-3-12-8-18-14(21-12)9-17-7-11-5-4-10(6-13(11)16)15(19)20-2/h4-6,8,17H,3,7,9H2,1-2H3. The fourth-order valence-corrected chi connectivity index (χ4v) is 2.35. The number of nitrogens with one attached hydrogen (secondary N) is 1. The van der Waals surface area contributed by atoms with Crippen LogP contribution >= 0.6 is 15.9 Å². The van der Waals surface area contributed by atoms with Gasteiger partial charge in [0.05, 0.1) is 25.4 Å². The van der Waals surface area contributed by atoms with Crippen molar-refractivity contribution < 1.29 is 13.9 Å². The van der Waals surface area contributed by atoms with E-state index >= 15 is 0 Å². The molecule has 0 aliphatic rings. The van der Waals surface area contributed by atoms with Gasteiger partial charge in [-0.25, -0.2) is 9.78 Å². The molecule has 1 heterocycles. The third kappa shape index (κ3) is 4.15. The molecule has 0 atom stereocenters. The third-order valence-corrected chi connectivity index (χ3v) is 3.75. The van der Waals surface area contributed by atoms with Gasteiger partial charge in [-0.2, -0.15) is 0 Å². The lowest BCUT2D eigenvalue weighted by Gasteiger charge is -2.07. The van der Waals surface area contributed by atoms with Gasteiger partial charge < -0.3 is 14.5 Å². The Kier molecular flexibility index (Phi) is 5.52. The fourth-order valence-electron chi connectivity index (χ4n) is 1.83. The summed E-state index contributed by atoms with van der Waals surface area (Å²) in [6, 6.07) is 5.38. The Morgan fingerprint density at radius 3 is 2.86 bits per heavy atom. The highest BCUT2D eigenvalue weighted by Gasteiger charge is 2.08. The number of aryl methyl sites for hydroxylation is 1. The number of aromatic nitrogens is 1. The molecule has 2 aromatic rings. The van der Waals surface area contributed by atoms with E-state index in [9.17, 15) is 4.79 Å². The first-order chi connectivity index (χ1) is 10.1. The molecule has 112 valence electrons. The number of benzene rings is 1. The molecule has 0 saturated heterocycles. The number of ether oxygens (including phenoxy) is 1. The lowest BCUT2D eigenvalue weighted by molar-refractivity contribution is 0.0600. The number of hydrogen-bond acceptors (Lipinski definition) is 5. The van der Waals surface area contributed by atoms with Crippen LogP contribution in [0.5, 0.6) is 0 Å². The van der Waals surface area contributed by atoms with Crippen LogP contribution in [-0.4, -0.2) is 18.1 Å². The maximum Gasteiger partial charge on any atom is 0.337 e. The van der Waals surface area contributed by atoms with Gasteiger partial charge >= 0.3 is 5.97 Å². The first kappa shape index (κ1) is 15.7.